The Morgan fingerprint density at radius 2 is 2.39 bits per heavy atom. The molecule has 1 atom stereocenters. The largest absolute Gasteiger partial charge is 0.327 e. The summed E-state index contributed by atoms with van der Waals surface area (Å²) in [4.78, 5) is 15.6. The Bertz CT molecular complexity index is 521. The number of carbonyl (C=O) groups excluding carboxylic acids is 1. The van der Waals surface area contributed by atoms with Crippen molar-refractivity contribution >= 4 is 11.6 Å². The fourth-order valence-corrected chi connectivity index (χ4v) is 1.59. The molecule has 4 N–H and O–H groups in total. The molecule has 1 amide bonds. The summed E-state index contributed by atoms with van der Waals surface area (Å²) < 4.78 is 0. The van der Waals surface area contributed by atoms with Crippen LogP contribution in [-0.4, -0.2) is 27.1 Å². The van der Waals surface area contributed by atoms with E-state index in [1.54, 1.807) is 6.92 Å². The first-order chi connectivity index (χ1) is 8.65. The third-order valence-electron chi connectivity index (χ3n) is 2.34. The highest BCUT2D eigenvalue weighted by Crippen LogP contribution is 2.18. The van der Waals surface area contributed by atoms with Gasteiger partial charge < -0.3 is 11.1 Å². The second kappa shape index (κ2) is 5.42. The van der Waals surface area contributed by atoms with E-state index in [-0.39, 0.29) is 11.9 Å². The maximum absolute atomic E-state index is 11.6. The molecule has 6 heteroatoms. The summed E-state index contributed by atoms with van der Waals surface area (Å²) in [7, 11) is 0. The lowest BCUT2D eigenvalue weighted by atomic mass is 10.2. The van der Waals surface area contributed by atoms with Gasteiger partial charge in [-0.1, -0.05) is 12.1 Å². The Labute approximate surface area is 105 Å². The molecule has 0 aliphatic heterocycles. The molecule has 0 radical (unpaired) electrons. The van der Waals surface area contributed by atoms with Gasteiger partial charge in [-0.3, -0.25) is 9.89 Å². The van der Waals surface area contributed by atoms with E-state index in [1.165, 1.54) is 6.33 Å². The summed E-state index contributed by atoms with van der Waals surface area (Å²) in [6, 6.07) is 7.24. The molecule has 2 aromatic rings. The van der Waals surface area contributed by atoms with E-state index in [9.17, 15) is 4.79 Å². The average Bonchev–Trinajstić information content (AvgIpc) is 2.81. The summed E-state index contributed by atoms with van der Waals surface area (Å²) in [5.41, 5.74) is 7.15. The number of aromatic amines is 1. The molecule has 1 aromatic carbocycles. The number of nitrogens with one attached hydrogen (secondary N) is 2. The topological polar surface area (TPSA) is 96.7 Å². The predicted octanol–water partition coefficient (Wildman–Crippen LogP) is 1.15. The summed E-state index contributed by atoms with van der Waals surface area (Å²) >= 11 is 0. The summed E-state index contributed by atoms with van der Waals surface area (Å²) in [6.07, 6.45) is 1.74. The maximum Gasteiger partial charge on any atom is 0.225 e. The van der Waals surface area contributed by atoms with Gasteiger partial charge in [0.25, 0.3) is 0 Å². The number of hydrogen-bond acceptors (Lipinski definition) is 4. The SMILES string of the molecule is CC(N)CC(=O)Nc1cccc(-c2ncn[nH]2)c1. The van der Waals surface area contributed by atoms with Crippen molar-refractivity contribution in [2.75, 3.05) is 5.32 Å². The molecule has 18 heavy (non-hydrogen) atoms. The van der Waals surface area contributed by atoms with Gasteiger partial charge in [0, 0.05) is 23.7 Å². The highest BCUT2D eigenvalue weighted by molar-refractivity contribution is 5.91. The van der Waals surface area contributed by atoms with Crippen LogP contribution in [0, 0.1) is 0 Å². The zero-order valence-electron chi connectivity index (χ0n) is 10.1. The lowest BCUT2D eigenvalue weighted by Crippen LogP contribution is -2.23. The fraction of sp³-hybridized carbons (Fsp3) is 0.250. The average molecular weight is 245 g/mol. The van der Waals surface area contributed by atoms with Crippen molar-refractivity contribution in [2.45, 2.75) is 19.4 Å². The van der Waals surface area contributed by atoms with Gasteiger partial charge in [0.1, 0.15) is 6.33 Å². The number of benzene rings is 1. The van der Waals surface area contributed by atoms with Crippen molar-refractivity contribution in [1.82, 2.24) is 15.2 Å². The van der Waals surface area contributed by atoms with Crippen LogP contribution in [0.4, 0.5) is 5.69 Å². The number of hydrogen-bond donors (Lipinski definition) is 3. The van der Waals surface area contributed by atoms with Crippen LogP contribution in [0.3, 0.4) is 0 Å². The van der Waals surface area contributed by atoms with Gasteiger partial charge in [-0.15, -0.1) is 0 Å². The Morgan fingerprint density at radius 1 is 1.56 bits per heavy atom. The minimum atomic E-state index is -0.151. The minimum Gasteiger partial charge on any atom is -0.327 e. The number of nitrogens with zero attached hydrogens (tertiary/aromatic N) is 2. The number of anilines is 1. The molecule has 0 fully saturated rings. The normalized spacial score (nSPS) is 12.1. The first-order valence-electron chi connectivity index (χ1n) is 5.66. The summed E-state index contributed by atoms with van der Waals surface area (Å²) in [6.45, 7) is 1.80. The molecule has 0 aliphatic rings. The van der Waals surface area contributed by atoms with Gasteiger partial charge in [-0.2, -0.15) is 5.10 Å². The molecule has 1 unspecified atom stereocenters. The van der Waals surface area contributed by atoms with Crippen molar-refractivity contribution < 1.29 is 4.79 Å². The third kappa shape index (κ3) is 3.14. The Morgan fingerprint density at radius 3 is 3.06 bits per heavy atom. The van der Waals surface area contributed by atoms with E-state index in [0.29, 0.717) is 12.2 Å². The first kappa shape index (κ1) is 12.3. The molecular formula is C12H15N5O. The van der Waals surface area contributed by atoms with Crippen molar-refractivity contribution in [3.05, 3.63) is 30.6 Å². The van der Waals surface area contributed by atoms with Gasteiger partial charge in [0.2, 0.25) is 5.91 Å². The van der Waals surface area contributed by atoms with Crippen LogP contribution in [0.25, 0.3) is 11.4 Å². The molecule has 0 saturated carbocycles. The lowest BCUT2D eigenvalue weighted by molar-refractivity contribution is -0.116. The van der Waals surface area contributed by atoms with Gasteiger partial charge in [-0.25, -0.2) is 4.98 Å². The van der Waals surface area contributed by atoms with Crippen molar-refractivity contribution in [1.29, 1.82) is 0 Å². The van der Waals surface area contributed by atoms with E-state index >= 15 is 0 Å². The number of rotatable bonds is 4. The molecular weight excluding hydrogens is 230 g/mol. The molecule has 2 rings (SSSR count). The van der Waals surface area contributed by atoms with E-state index in [4.69, 9.17) is 5.73 Å². The van der Waals surface area contributed by atoms with Crippen LogP contribution < -0.4 is 11.1 Å². The summed E-state index contributed by atoms with van der Waals surface area (Å²) in [5.74, 6) is 0.568. The predicted molar refractivity (Wildman–Crippen MR) is 68.7 cm³/mol. The van der Waals surface area contributed by atoms with Crippen molar-refractivity contribution in [3.63, 3.8) is 0 Å². The zero-order chi connectivity index (χ0) is 13.0. The maximum atomic E-state index is 11.6. The quantitative estimate of drug-likeness (QED) is 0.752. The standard InChI is InChI=1S/C12H15N5O/c1-8(13)5-11(18)16-10-4-2-3-9(6-10)12-14-7-15-17-12/h2-4,6-8H,5,13H2,1H3,(H,16,18)(H,14,15,17). The molecule has 6 nitrogen and oxygen atoms in total. The van der Waals surface area contributed by atoms with E-state index in [1.807, 2.05) is 24.3 Å². The fourth-order valence-electron chi connectivity index (χ4n) is 1.59. The van der Waals surface area contributed by atoms with Crippen molar-refractivity contribution in [3.8, 4) is 11.4 Å². The number of aromatic nitrogens is 3. The van der Waals surface area contributed by atoms with Crippen LogP contribution in [-0.2, 0) is 4.79 Å². The number of amides is 1. The van der Waals surface area contributed by atoms with E-state index < -0.39 is 0 Å². The van der Waals surface area contributed by atoms with Gasteiger partial charge in [-0.05, 0) is 19.1 Å². The number of carbonyl (C=O) groups is 1. The van der Waals surface area contributed by atoms with Crippen LogP contribution in [0.1, 0.15) is 13.3 Å². The number of nitrogens with two attached hydrogens (primary N) is 1. The molecule has 0 spiro atoms. The van der Waals surface area contributed by atoms with Crippen LogP contribution in [0.5, 0.6) is 0 Å². The van der Waals surface area contributed by atoms with Crippen molar-refractivity contribution in [2.24, 2.45) is 5.73 Å². The highest BCUT2D eigenvalue weighted by Gasteiger charge is 2.07. The first-order valence-corrected chi connectivity index (χ1v) is 5.66. The zero-order valence-corrected chi connectivity index (χ0v) is 10.1. The third-order valence-corrected chi connectivity index (χ3v) is 2.34. The lowest BCUT2D eigenvalue weighted by Gasteiger charge is -2.08. The van der Waals surface area contributed by atoms with Crippen LogP contribution in [0.2, 0.25) is 0 Å². The Balaban J connectivity index is 2.11. The van der Waals surface area contributed by atoms with E-state index in [0.717, 1.165) is 11.3 Å². The van der Waals surface area contributed by atoms with Gasteiger partial charge in [0.05, 0.1) is 0 Å². The second-order valence-corrected chi connectivity index (χ2v) is 4.14. The molecule has 1 aromatic heterocycles. The molecule has 0 saturated heterocycles. The van der Waals surface area contributed by atoms with Crippen LogP contribution >= 0.6 is 0 Å². The molecule has 0 aliphatic carbocycles. The van der Waals surface area contributed by atoms with E-state index in [2.05, 4.69) is 20.5 Å². The Hall–Kier alpha value is -2.21. The molecule has 1 heterocycles. The summed E-state index contributed by atoms with van der Waals surface area (Å²) in [5, 5.41) is 9.36. The highest BCUT2D eigenvalue weighted by atomic mass is 16.1. The number of H-pyrrole nitrogens is 1. The molecule has 94 valence electrons. The van der Waals surface area contributed by atoms with Crippen LogP contribution in [0.15, 0.2) is 30.6 Å². The Kier molecular flexibility index (Phi) is 3.69. The monoisotopic (exact) mass is 245 g/mol. The van der Waals surface area contributed by atoms with Gasteiger partial charge >= 0.3 is 0 Å². The van der Waals surface area contributed by atoms with Gasteiger partial charge in [0.15, 0.2) is 5.82 Å². The smallest absolute Gasteiger partial charge is 0.225 e. The molecule has 0 bridgehead atoms. The minimum absolute atomic E-state index is 0.0975. The second-order valence-electron chi connectivity index (χ2n) is 4.14.